The molecule has 0 aliphatic carbocycles. The first-order valence-electron chi connectivity index (χ1n) is 7.71. The van der Waals surface area contributed by atoms with Crippen LogP contribution >= 0.6 is 0 Å². The second kappa shape index (κ2) is 5.80. The second-order valence-corrected chi connectivity index (χ2v) is 6.58. The summed E-state index contributed by atoms with van der Waals surface area (Å²) in [5.74, 6) is 0.919. The van der Waals surface area contributed by atoms with E-state index in [2.05, 4.69) is 43.1 Å². The van der Waals surface area contributed by atoms with Crippen LogP contribution in [0.4, 0.5) is 0 Å². The van der Waals surface area contributed by atoms with Crippen molar-refractivity contribution >= 4 is 5.91 Å². The number of carbonyl (C=O) groups excluding carboxylic acids is 1. The number of nitrogens with one attached hydrogen (secondary N) is 1. The zero-order chi connectivity index (χ0) is 14.0. The van der Waals surface area contributed by atoms with Gasteiger partial charge in [-0.1, -0.05) is 20.3 Å². The molecule has 2 aliphatic heterocycles. The minimum Gasteiger partial charge on any atom is -0.339 e. The topological polar surface area (TPSA) is 35.6 Å². The highest BCUT2D eigenvalue weighted by atomic mass is 16.2. The molecule has 110 valence electrons. The van der Waals surface area contributed by atoms with Crippen molar-refractivity contribution in [1.29, 1.82) is 0 Å². The monoisotopic (exact) mass is 267 g/mol. The Balaban J connectivity index is 2.07. The number of hydrogen-bond acceptors (Lipinski definition) is 3. The molecule has 2 aliphatic rings. The van der Waals surface area contributed by atoms with E-state index in [1.807, 2.05) is 0 Å². The van der Waals surface area contributed by atoms with Crippen molar-refractivity contribution in [3.05, 3.63) is 0 Å². The molecule has 3 atom stereocenters. The van der Waals surface area contributed by atoms with E-state index < -0.39 is 0 Å². The summed E-state index contributed by atoms with van der Waals surface area (Å²) in [5, 5.41) is 3.50. The third-order valence-corrected chi connectivity index (χ3v) is 4.85. The van der Waals surface area contributed by atoms with Crippen LogP contribution in [0.2, 0.25) is 0 Å². The predicted octanol–water partition coefficient (Wildman–Crippen LogP) is 1.32. The van der Waals surface area contributed by atoms with Gasteiger partial charge in [0, 0.05) is 19.1 Å². The molecule has 4 heteroatoms. The molecule has 1 N–H and O–H groups in total. The quantitative estimate of drug-likeness (QED) is 0.834. The highest BCUT2D eigenvalue weighted by molar-refractivity contribution is 5.87. The van der Waals surface area contributed by atoms with Crippen LogP contribution in [-0.2, 0) is 4.79 Å². The van der Waals surface area contributed by atoms with Crippen LogP contribution in [0.1, 0.15) is 39.5 Å². The smallest absolute Gasteiger partial charge is 0.242 e. The number of amides is 1. The summed E-state index contributed by atoms with van der Waals surface area (Å²) >= 11 is 0. The Bertz CT molecular complexity index is 323. The standard InChI is InChI=1S/C15H29N3O/c1-5-7-15(8-6-9-16-15)14(19)18-10-12(2)13(11-18)17(3)4/h12-13,16H,5-11H2,1-4H3. The van der Waals surface area contributed by atoms with Gasteiger partial charge in [0.05, 0.1) is 5.54 Å². The third kappa shape index (κ3) is 2.79. The highest BCUT2D eigenvalue weighted by Crippen LogP contribution is 2.30. The minimum atomic E-state index is -0.254. The summed E-state index contributed by atoms with van der Waals surface area (Å²) in [7, 11) is 4.23. The molecule has 4 nitrogen and oxygen atoms in total. The molecule has 19 heavy (non-hydrogen) atoms. The number of hydrogen-bond donors (Lipinski definition) is 1. The molecule has 0 radical (unpaired) electrons. The molecule has 2 fully saturated rings. The van der Waals surface area contributed by atoms with Crippen molar-refractivity contribution in [2.45, 2.75) is 51.1 Å². The lowest BCUT2D eigenvalue weighted by atomic mass is 9.90. The van der Waals surface area contributed by atoms with Gasteiger partial charge in [-0.2, -0.15) is 0 Å². The van der Waals surface area contributed by atoms with Gasteiger partial charge in [0.2, 0.25) is 5.91 Å². The Morgan fingerprint density at radius 2 is 2.16 bits per heavy atom. The number of likely N-dealkylation sites (tertiary alicyclic amines) is 1. The van der Waals surface area contributed by atoms with Gasteiger partial charge in [0.15, 0.2) is 0 Å². The van der Waals surface area contributed by atoms with Gasteiger partial charge in [-0.25, -0.2) is 0 Å². The fourth-order valence-electron chi connectivity index (χ4n) is 3.83. The predicted molar refractivity (Wildman–Crippen MR) is 78.1 cm³/mol. The Hall–Kier alpha value is -0.610. The van der Waals surface area contributed by atoms with Crippen LogP contribution in [0.25, 0.3) is 0 Å². The van der Waals surface area contributed by atoms with E-state index in [-0.39, 0.29) is 5.54 Å². The summed E-state index contributed by atoms with van der Waals surface area (Å²) in [5.41, 5.74) is -0.254. The first-order chi connectivity index (χ1) is 9.00. The van der Waals surface area contributed by atoms with E-state index in [0.717, 1.165) is 45.3 Å². The van der Waals surface area contributed by atoms with Crippen LogP contribution < -0.4 is 5.32 Å². The summed E-state index contributed by atoms with van der Waals surface area (Å²) < 4.78 is 0. The lowest BCUT2D eigenvalue weighted by Crippen LogP contribution is -2.54. The van der Waals surface area contributed by atoms with Crippen molar-refractivity contribution in [2.24, 2.45) is 5.92 Å². The van der Waals surface area contributed by atoms with Crippen molar-refractivity contribution in [3.63, 3.8) is 0 Å². The van der Waals surface area contributed by atoms with Crippen LogP contribution in [0, 0.1) is 5.92 Å². The molecule has 0 spiro atoms. The zero-order valence-electron chi connectivity index (χ0n) is 12.9. The molecule has 0 aromatic rings. The number of nitrogens with zero attached hydrogens (tertiary/aromatic N) is 2. The van der Waals surface area contributed by atoms with Gasteiger partial charge in [-0.05, 0) is 45.8 Å². The third-order valence-electron chi connectivity index (χ3n) is 4.85. The molecule has 0 aromatic heterocycles. The Morgan fingerprint density at radius 3 is 2.63 bits per heavy atom. The van der Waals surface area contributed by atoms with E-state index in [1.165, 1.54) is 0 Å². The average Bonchev–Trinajstić information content (AvgIpc) is 2.96. The summed E-state index contributed by atoms with van der Waals surface area (Å²) in [6.45, 7) is 7.22. The summed E-state index contributed by atoms with van der Waals surface area (Å²) in [6, 6.07) is 0.504. The van der Waals surface area contributed by atoms with E-state index >= 15 is 0 Å². The Labute approximate surface area is 117 Å². The van der Waals surface area contributed by atoms with E-state index in [9.17, 15) is 4.79 Å². The van der Waals surface area contributed by atoms with Gasteiger partial charge in [-0.15, -0.1) is 0 Å². The van der Waals surface area contributed by atoms with Gasteiger partial charge in [0.1, 0.15) is 0 Å². The van der Waals surface area contributed by atoms with E-state index in [0.29, 0.717) is 17.9 Å². The lowest BCUT2D eigenvalue weighted by Gasteiger charge is -2.33. The fraction of sp³-hybridized carbons (Fsp3) is 0.933. The van der Waals surface area contributed by atoms with Crippen molar-refractivity contribution < 1.29 is 4.79 Å². The molecule has 2 saturated heterocycles. The van der Waals surface area contributed by atoms with Crippen molar-refractivity contribution in [2.75, 3.05) is 33.7 Å². The van der Waals surface area contributed by atoms with Gasteiger partial charge in [-0.3, -0.25) is 4.79 Å². The summed E-state index contributed by atoms with van der Waals surface area (Å²) in [4.78, 5) is 17.3. The molecule has 1 amide bonds. The molecule has 0 saturated carbocycles. The fourth-order valence-corrected chi connectivity index (χ4v) is 3.83. The molecule has 0 aromatic carbocycles. The SMILES string of the molecule is CCCC1(C(=O)N2CC(C)C(N(C)C)C2)CCCN1. The Morgan fingerprint density at radius 1 is 1.42 bits per heavy atom. The van der Waals surface area contributed by atoms with Crippen LogP contribution in [0.15, 0.2) is 0 Å². The largest absolute Gasteiger partial charge is 0.339 e. The first kappa shape index (κ1) is 14.8. The first-order valence-corrected chi connectivity index (χ1v) is 7.71. The normalized spacial score (nSPS) is 35.3. The lowest BCUT2D eigenvalue weighted by molar-refractivity contribution is -0.137. The van der Waals surface area contributed by atoms with Gasteiger partial charge >= 0.3 is 0 Å². The Kier molecular flexibility index (Phi) is 4.51. The van der Waals surface area contributed by atoms with Crippen LogP contribution in [0.3, 0.4) is 0 Å². The number of carbonyl (C=O) groups is 1. The van der Waals surface area contributed by atoms with E-state index in [1.54, 1.807) is 0 Å². The molecule has 3 unspecified atom stereocenters. The second-order valence-electron chi connectivity index (χ2n) is 6.58. The maximum absolute atomic E-state index is 12.9. The molecule has 0 bridgehead atoms. The molecule has 2 rings (SSSR count). The maximum Gasteiger partial charge on any atom is 0.242 e. The molecule has 2 heterocycles. The average molecular weight is 267 g/mol. The zero-order valence-corrected chi connectivity index (χ0v) is 12.9. The number of rotatable bonds is 4. The summed E-state index contributed by atoms with van der Waals surface area (Å²) in [6.07, 6.45) is 4.19. The molecular formula is C15H29N3O. The van der Waals surface area contributed by atoms with Crippen molar-refractivity contribution in [1.82, 2.24) is 15.1 Å². The van der Waals surface area contributed by atoms with Crippen molar-refractivity contribution in [3.8, 4) is 0 Å². The maximum atomic E-state index is 12.9. The highest BCUT2D eigenvalue weighted by Gasteiger charge is 2.45. The molecular weight excluding hydrogens is 238 g/mol. The van der Waals surface area contributed by atoms with Crippen LogP contribution in [0.5, 0.6) is 0 Å². The van der Waals surface area contributed by atoms with E-state index in [4.69, 9.17) is 0 Å². The van der Waals surface area contributed by atoms with Crippen LogP contribution in [-0.4, -0.2) is 61.0 Å². The van der Waals surface area contributed by atoms with Gasteiger partial charge < -0.3 is 15.1 Å². The van der Waals surface area contributed by atoms with Gasteiger partial charge in [0.25, 0.3) is 0 Å². The number of likely N-dealkylation sites (N-methyl/N-ethyl adjacent to an activating group) is 1. The minimum absolute atomic E-state index is 0.254.